The standard InChI is InChI=1S/C22H31ClN2O5S/c1-6-7-11-25(21(27)30-22(3,4)5)13-15(2)14-31(28,29)18-10-8-9-16-19(18)17(23)12-24-20(16)26/h8-10,12,15H,6-7,11,13-14H2,1-5H3,(H,24,26). The maximum absolute atomic E-state index is 13.2. The summed E-state index contributed by atoms with van der Waals surface area (Å²) in [6.45, 7) is 9.92. The van der Waals surface area contributed by atoms with Gasteiger partial charge in [0.2, 0.25) is 0 Å². The summed E-state index contributed by atoms with van der Waals surface area (Å²) in [5.41, 5.74) is -1.04. The van der Waals surface area contributed by atoms with Crippen LogP contribution >= 0.6 is 11.6 Å². The smallest absolute Gasteiger partial charge is 0.410 e. The van der Waals surface area contributed by atoms with Gasteiger partial charge in [0.05, 0.1) is 15.7 Å². The molecule has 1 amide bonds. The first-order valence-corrected chi connectivity index (χ1v) is 12.4. The Balaban J connectivity index is 2.28. The Morgan fingerprint density at radius 2 is 1.97 bits per heavy atom. The molecule has 0 aliphatic carbocycles. The van der Waals surface area contributed by atoms with Crippen molar-refractivity contribution in [1.82, 2.24) is 9.88 Å². The van der Waals surface area contributed by atoms with Crippen molar-refractivity contribution in [1.29, 1.82) is 0 Å². The van der Waals surface area contributed by atoms with Gasteiger partial charge in [-0.25, -0.2) is 13.2 Å². The SMILES string of the molecule is CCCCN(CC(C)CS(=O)(=O)c1cccc2c(=O)[nH]cc(Cl)c12)C(=O)OC(C)(C)C. The number of hydrogen-bond acceptors (Lipinski definition) is 5. The van der Waals surface area contributed by atoms with Crippen molar-refractivity contribution in [2.45, 2.75) is 58.0 Å². The van der Waals surface area contributed by atoms with Gasteiger partial charge in [-0.05, 0) is 45.2 Å². The van der Waals surface area contributed by atoms with E-state index in [1.54, 1.807) is 32.6 Å². The van der Waals surface area contributed by atoms with E-state index in [2.05, 4.69) is 4.98 Å². The maximum atomic E-state index is 13.2. The van der Waals surface area contributed by atoms with Crippen LogP contribution in [0.25, 0.3) is 10.8 Å². The van der Waals surface area contributed by atoms with Crippen LogP contribution in [-0.4, -0.2) is 48.8 Å². The molecule has 31 heavy (non-hydrogen) atoms. The Bertz CT molecular complexity index is 1090. The number of unbranched alkanes of at least 4 members (excludes halogenated alkanes) is 1. The summed E-state index contributed by atoms with van der Waals surface area (Å²) in [5.74, 6) is -0.550. The molecule has 0 saturated carbocycles. The minimum atomic E-state index is -3.77. The molecule has 1 atom stereocenters. The van der Waals surface area contributed by atoms with Gasteiger partial charge in [-0.3, -0.25) is 4.79 Å². The number of amides is 1. The second kappa shape index (κ2) is 10.0. The molecule has 7 nitrogen and oxygen atoms in total. The third-order valence-electron chi connectivity index (χ3n) is 4.64. The van der Waals surface area contributed by atoms with Crippen LogP contribution in [0.15, 0.2) is 34.1 Å². The van der Waals surface area contributed by atoms with Crippen LogP contribution in [0.2, 0.25) is 5.02 Å². The Hall–Kier alpha value is -2.06. The number of carbonyl (C=O) groups is 1. The molecular formula is C22H31ClN2O5S. The normalized spacial score (nSPS) is 13.2. The lowest BCUT2D eigenvalue weighted by molar-refractivity contribution is 0.0226. The number of nitrogens with zero attached hydrogens (tertiary/aromatic N) is 1. The van der Waals surface area contributed by atoms with Gasteiger partial charge in [0.15, 0.2) is 9.84 Å². The Labute approximate surface area is 188 Å². The van der Waals surface area contributed by atoms with E-state index in [0.717, 1.165) is 12.8 Å². The first-order valence-electron chi connectivity index (χ1n) is 10.4. The van der Waals surface area contributed by atoms with E-state index in [0.29, 0.717) is 6.54 Å². The highest BCUT2D eigenvalue weighted by Crippen LogP contribution is 2.29. The van der Waals surface area contributed by atoms with E-state index >= 15 is 0 Å². The third kappa shape index (κ3) is 6.71. The summed E-state index contributed by atoms with van der Waals surface area (Å²) in [7, 11) is -3.77. The largest absolute Gasteiger partial charge is 0.444 e. The van der Waals surface area contributed by atoms with Crippen molar-refractivity contribution in [3.05, 3.63) is 39.8 Å². The van der Waals surface area contributed by atoms with Gasteiger partial charge < -0.3 is 14.6 Å². The molecule has 0 fully saturated rings. The molecule has 0 aliphatic rings. The van der Waals surface area contributed by atoms with Gasteiger partial charge >= 0.3 is 6.09 Å². The molecular weight excluding hydrogens is 440 g/mol. The summed E-state index contributed by atoms with van der Waals surface area (Å²) in [6, 6.07) is 4.52. The van der Waals surface area contributed by atoms with Gasteiger partial charge in [0, 0.05) is 30.1 Å². The van der Waals surface area contributed by atoms with E-state index in [-0.39, 0.29) is 38.9 Å². The summed E-state index contributed by atoms with van der Waals surface area (Å²) in [4.78, 5) is 28.8. The number of pyridine rings is 1. The lowest BCUT2D eigenvalue weighted by atomic mass is 10.2. The van der Waals surface area contributed by atoms with Gasteiger partial charge in [-0.2, -0.15) is 0 Å². The van der Waals surface area contributed by atoms with Crippen molar-refractivity contribution in [2.75, 3.05) is 18.8 Å². The number of H-pyrrole nitrogens is 1. The highest BCUT2D eigenvalue weighted by atomic mass is 35.5. The molecule has 1 N–H and O–H groups in total. The number of halogens is 1. The second-order valence-corrected chi connectivity index (χ2v) is 11.2. The molecule has 1 heterocycles. The average Bonchev–Trinajstić information content (AvgIpc) is 2.65. The molecule has 0 spiro atoms. The molecule has 172 valence electrons. The molecule has 1 aromatic carbocycles. The Morgan fingerprint density at radius 1 is 1.29 bits per heavy atom. The number of sulfone groups is 1. The van der Waals surface area contributed by atoms with E-state index in [9.17, 15) is 18.0 Å². The molecule has 1 unspecified atom stereocenters. The highest BCUT2D eigenvalue weighted by molar-refractivity contribution is 7.91. The monoisotopic (exact) mass is 470 g/mol. The third-order valence-corrected chi connectivity index (χ3v) is 6.96. The van der Waals surface area contributed by atoms with Crippen molar-refractivity contribution in [3.8, 4) is 0 Å². The van der Waals surface area contributed by atoms with E-state index in [4.69, 9.17) is 16.3 Å². The van der Waals surface area contributed by atoms with Crippen LogP contribution in [-0.2, 0) is 14.6 Å². The van der Waals surface area contributed by atoms with Gasteiger partial charge in [-0.15, -0.1) is 0 Å². The predicted molar refractivity (Wildman–Crippen MR) is 124 cm³/mol. The molecule has 2 aromatic rings. The van der Waals surface area contributed by atoms with E-state index in [1.165, 1.54) is 24.4 Å². The van der Waals surface area contributed by atoms with Crippen molar-refractivity contribution >= 4 is 38.3 Å². The fourth-order valence-corrected chi connectivity index (χ4v) is 5.50. The zero-order valence-electron chi connectivity index (χ0n) is 18.7. The molecule has 2 rings (SSSR count). The Morgan fingerprint density at radius 3 is 2.58 bits per heavy atom. The number of rotatable bonds is 8. The number of fused-ring (bicyclic) bond motifs is 1. The average molecular weight is 471 g/mol. The fraction of sp³-hybridized carbons (Fsp3) is 0.545. The Kier molecular flexibility index (Phi) is 8.16. The van der Waals surface area contributed by atoms with Crippen molar-refractivity contribution < 1.29 is 17.9 Å². The molecule has 0 radical (unpaired) electrons. The van der Waals surface area contributed by atoms with Gasteiger partial charge in [0.1, 0.15) is 5.60 Å². The summed E-state index contributed by atoms with van der Waals surface area (Å²) < 4.78 is 31.9. The number of aromatic nitrogens is 1. The van der Waals surface area contributed by atoms with Crippen LogP contribution in [0, 0.1) is 5.92 Å². The lowest BCUT2D eigenvalue weighted by Crippen LogP contribution is -2.40. The summed E-state index contributed by atoms with van der Waals surface area (Å²) in [5, 5.41) is 0.606. The van der Waals surface area contributed by atoms with E-state index < -0.39 is 27.1 Å². The number of hydrogen-bond donors (Lipinski definition) is 1. The first kappa shape index (κ1) is 25.2. The number of nitrogens with one attached hydrogen (secondary N) is 1. The predicted octanol–water partition coefficient (Wildman–Crippen LogP) is 4.63. The topological polar surface area (TPSA) is 96.5 Å². The number of aromatic amines is 1. The molecule has 1 aromatic heterocycles. The lowest BCUT2D eigenvalue weighted by Gasteiger charge is -2.29. The van der Waals surface area contributed by atoms with Crippen LogP contribution in [0.3, 0.4) is 0 Å². The van der Waals surface area contributed by atoms with Gasteiger partial charge in [0.25, 0.3) is 5.56 Å². The fourth-order valence-electron chi connectivity index (χ4n) is 3.33. The minimum absolute atomic E-state index is 0.0188. The van der Waals surface area contributed by atoms with Gasteiger partial charge in [-0.1, -0.05) is 37.9 Å². The van der Waals surface area contributed by atoms with Crippen molar-refractivity contribution in [3.63, 3.8) is 0 Å². The van der Waals surface area contributed by atoms with Crippen molar-refractivity contribution in [2.24, 2.45) is 5.92 Å². The molecule has 0 aliphatic heterocycles. The maximum Gasteiger partial charge on any atom is 0.410 e. The van der Waals surface area contributed by atoms with Crippen LogP contribution in [0.4, 0.5) is 4.79 Å². The minimum Gasteiger partial charge on any atom is -0.444 e. The quantitative estimate of drug-likeness (QED) is 0.606. The van der Waals surface area contributed by atoms with Crippen LogP contribution < -0.4 is 5.56 Å². The highest BCUT2D eigenvalue weighted by Gasteiger charge is 2.27. The number of benzene rings is 1. The molecule has 9 heteroatoms. The summed E-state index contributed by atoms with van der Waals surface area (Å²) in [6.07, 6.45) is 2.53. The first-order chi connectivity index (χ1) is 14.4. The number of ether oxygens (including phenoxy) is 1. The van der Waals surface area contributed by atoms with E-state index in [1.807, 2.05) is 6.92 Å². The zero-order valence-corrected chi connectivity index (χ0v) is 20.3. The molecule has 0 bridgehead atoms. The van der Waals surface area contributed by atoms with Crippen LogP contribution in [0.5, 0.6) is 0 Å². The zero-order chi connectivity index (χ0) is 23.4. The second-order valence-electron chi connectivity index (χ2n) is 8.81. The van der Waals surface area contributed by atoms with Crippen LogP contribution in [0.1, 0.15) is 47.5 Å². The summed E-state index contributed by atoms with van der Waals surface area (Å²) >= 11 is 6.22. The number of carbonyl (C=O) groups excluding carboxylic acids is 1. The molecule has 0 saturated heterocycles.